The highest BCUT2D eigenvalue weighted by Crippen LogP contribution is 2.19. The Balaban J connectivity index is 0.00000144. The second-order valence-corrected chi connectivity index (χ2v) is 4.82. The molecule has 100 valence electrons. The lowest BCUT2D eigenvalue weighted by Crippen LogP contribution is -3.00. The van der Waals surface area contributed by atoms with Gasteiger partial charge in [0.25, 0.3) is 0 Å². The van der Waals surface area contributed by atoms with E-state index in [4.69, 9.17) is 4.74 Å². The molecule has 0 atom stereocenters. The topological polar surface area (TPSA) is 41.6 Å². The zero-order valence-corrected chi connectivity index (χ0v) is 11.2. The highest BCUT2D eigenvalue weighted by Gasteiger charge is 2.37. The molecule has 2 bridgehead atoms. The monoisotopic (exact) mass is 263 g/mol. The molecule has 17 heavy (non-hydrogen) atoms. The fourth-order valence-electron chi connectivity index (χ4n) is 2.70. The van der Waals surface area contributed by atoms with E-state index in [0.29, 0.717) is 6.61 Å². The number of carbonyl (C=O) groups is 1. The predicted octanol–water partition coefficient (Wildman–Crippen LogP) is -3.12. The second kappa shape index (κ2) is 6.42. The minimum Gasteiger partial charge on any atom is -1.00 e. The van der Waals surface area contributed by atoms with Crippen LogP contribution in [0.1, 0.15) is 6.42 Å². The first-order chi connectivity index (χ1) is 7.74. The Morgan fingerprint density at radius 2 is 1.88 bits per heavy atom. The van der Waals surface area contributed by atoms with Crippen molar-refractivity contribution < 1.29 is 26.4 Å². The highest BCUT2D eigenvalue weighted by molar-refractivity contribution is 5.66. The quantitative estimate of drug-likeness (QED) is 0.431. The van der Waals surface area contributed by atoms with Gasteiger partial charge >= 0.3 is 6.09 Å². The van der Waals surface area contributed by atoms with Crippen LogP contribution in [0.25, 0.3) is 0 Å². The third-order valence-corrected chi connectivity index (χ3v) is 3.89. The molecule has 6 heteroatoms. The maximum Gasteiger partial charge on any atom is 0.406 e. The van der Waals surface area contributed by atoms with Crippen LogP contribution >= 0.6 is 0 Å². The summed E-state index contributed by atoms with van der Waals surface area (Å²) in [4.78, 5) is 13.4. The molecule has 5 nitrogen and oxygen atoms in total. The van der Waals surface area contributed by atoms with Crippen molar-refractivity contribution in [3.63, 3.8) is 0 Å². The number of amides is 1. The van der Waals surface area contributed by atoms with Gasteiger partial charge < -0.3 is 26.9 Å². The Kier molecular flexibility index (Phi) is 5.49. The van der Waals surface area contributed by atoms with E-state index < -0.39 is 0 Å². The number of nitrogens with zero attached hydrogens (tertiary/aromatic N) is 2. The van der Waals surface area contributed by atoms with Gasteiger partial charge in [-0.3, -0.25) is 4.90 Å². The van der Waals surface area contributed by atoms with Gasteiger partial charge in [-0.15, -0.1) is 0 Å². The molecule has 0 aromatic carbocycles. The molecule has 3 rings (SSSR count). The molecule has 0 radical (unpaired) electrons. The fraction of sp³-hybridized carbons (Fsp3) is 0.909. The van der Waals surface area contributed by atoms with Crippen LogP contribution in [0.2, 0.25) is 0 Å². The molecule has 3 fully saturated rings. The summed E-state index contributed by atoms with van der Waals surface area (Å²) in [6.07, 6.45) is 0.663. The van der Waals surface area contributed by atoms with Gasteiger partial charge in [-0.1, -0.05) is 0 Å². The smallest absolute Gasteiger partial charge is 0.406 e. The Morgan fingerprint density at radius 3 is 2.41 bits per heavy atom. The van der Waals surface area contributed by atoms with Gasteiger partial charge in [-0.2, -0.15) is 0 Å². The molecule has 0 aliphatic carbocycles. The first-order valence-electron chi connectivity index (χ1n) is 6.16. The number of nitrogens with one attached hydrogen (secondary N) is 1. The molecule has 0 spiro atoms. The average Bonchev–Trinajstić information content (AvgIpc) is 2.36. The van der Waals surface area contributed by atoms with Crippen LogP contribution in [0.4, 0.5) is 4.79 Å². The number of quaternary nitrogens is 1. The maximum atomic E-state index is 10.9. The number of piperazine rings is 3. The molecule has 3 heterocycles. The Labute approximate surface area is 109 Å². The van der Waals surface area contributed by atoms with Gasteiger partial charge in [-0.05, 0) is 0 Å². The van der Waals surface area contributed by atoms with Crippen molar-refractivity contribution in [2.75, 3.05) is 59.5 Å². The maximum absolute atomic E-state index is 10.9. The van der Waals surface area contributed by atoms with E-state index in [0.717, 1.165) is 13.0 Å². The minimum atomic E-state index is -0.316. The van der Waals surface area contributed by atoms with E-state index in [1.807, 2.05) is 0 Å². The van der Waals surface area contributed by atoms with Crippen LogP contribution < -0.4 is 17.7 Å². The molecule has 3 saturated heterocycles. The SMILES string of the molecule is CNC(=O)OCCC[N+]12CCN(CC1)CC2.[Cl-]. The largest absolute Gasteiger partial charge is 1.00 e. The van der Waals surface area contributed by atoms with Crippen LogP contribution in [0.3, 0.4) is 0 Å². The molecule has 0 aromatic rings. The fourth-order valence-corrected chi connectivity index (χ4v) is 2.70. The van der Waals surface area contributed by atoms with Crippen LogP contribution in [0, 0.1) is 0 Å². The summed E-state index contributed by atoms with van der Waals surface area (Å²) in [5.74, 6) is 0. The molecule has 0 aromatic heterocycles. The van der Waals surface area contributed by atoms with Crippen molar-refractivity contribution in [1.29, 1.82) is 0 Å². The molecule has 3 aliphatic rings. The van der Waals surface area contributed by atoms with E-state index in [2.05, 4.69) is 10.2 Å². The van der Waals surface area contributed by atoms with Crippen molar-refractivity contribution in [2.45, 2.75) is 6.42 Å². The number of ether oxygens (including phenoxy) is 1. The molecule has 3 aliphatic heterocycles. The number of hydrogen-bond acceptors (Lipinski definition) is 3. The normalized spacial score (nSPS) is 30.5. The summed E-state index contributed by atoms with van der Waals surface area (Å²) >= 11 is 0. The zero-order valence-electron chi connectivity index (χ0n) is 10.5. The third-order valence-electron chi connectivity index (χ3n) is 3.89. The summed E-state index contributed by atoms with van der Waals surface area (Å²) in [6.45, 7) is 9.27. The van der Waals surface area contributed by atoms with E-state index in [-0.39, 0.29) is 18.5 Å². The number of rotatable bonds is 4. The van der Waals surface area contributed by atoms with Crippen LogP contribution in [0.5, 0.6) is 0 Å². The molecule has 0 saturated carbocycles. The van der Waals surface area contributed by atoms with E-state index >= 15 is 0 Å². The highest BCUT2D eigenvalue weighted by atomic mass is 35.5. The Hall–Kier alpha value is -0.520. The van der Waals surface area contributed by atoms with Gasteiger partial charge in [0.1, 0.15) is 0 Å². The number of alkyl carbamates (subject to hydrolysis) is 1. The van der Waals surface area contributed by atoms with Gasteiger partial charge in [0, 0.05) is 33.1 Å². The van der Waals surface area contributed by atoms with E-state index in [9.17, 15) is 4.79 Å². The van der Waals surface area contributed by atoms with Gasteiger partial charge in [-0.25, -0.2) is 4.79 Å². The summed E-state index contributed by atoms with van der Waals surface area (Å²) in [6, 6.07) is 0. The van der Waals surface area contributed by atoms with E-state index in [1.54, 1.807) is 7.05 Å². The minimum absolute atomic E-state index is 0. The van der Waals surface area contributed by atoms with Crippen molar-refractivity contribution in [2.24, 2.45) is 0 Å². The zero-order chi connectivity index (χ0) is 11.4. The summed E-state index contributed by atoms with van der Waals surface area (Å²) < 4.78 is 6.26. The van der Waals surface area contributed by atoms with Gasteiger partial charge in [0.2, 0.25) is 0 Å². The lowest BCUT2D eigenvalue weighted by Gasteiger charge is -2.50. The third kappa shape index (κ3) is 3.72. The second-order valence-electron chi connectivity index (χ2n) is 4.82. The molecule has 1 amide bonds. The molecular formula is C11H22ClN3O2. The van der Waals surface area contributed by atoms with Crippen molar-refractivity contribution in [3.05, 3.63) is 0 Å². The van der Waals surface area contributed by atoms with Crippen LogP contribution in [-0.4, -0.2) is 74.9 Å². The Bertz CT molecular complexity index is 241. The lowest BCUT2D eigenvalue weighted by atomic mass is 10.1. The summed E-state index contributed by atoms with van der Waals surface area (Å²) in [5, 5.41) is 2.46. The van der Waals surface area contributed by atoms with Crippen molar-refractivity contribution in [3.8, 4) is 0 Å². The van der Waals surface area contributed by atoms with Gasteiger partial charge in [0.05, 0.1) is 32.8 Å². The molecular weight excluding hydrogens is 242 g/mol. The number of halogens is 1. The summed E-state index contributed by atoms with van der Waals surface area (Å²) in [5.41, 5.74) is 0. The number of hydrogen-bond donors (Lipinski definition) is 1. The predicted molar refractivity (Wildman–Crippen MR) is 61.2 cm³/mol. The van der Waals surface area contributed by atoms with Crippen molar-refractivity contribution >= 4 is 6.09 Å². The van der Waals surface area contributed by atoms with Crippen LogP contribution in [0.15, 0.2) is 0 Å². The standard InChI is InChI=1S/C11H21N3O2.ClH/c1-12-11(15)16-10-2-6-14-7-3-13(4-8-14)5-9-14;/h2-10H2,1H3;1H. The first kappa shape index (κ1) is 14.5. The van der Waals surface area contributed by atoms with Gasteiger partial charge in [0.15, 0.2) is 0 Å². The van der Waals surface area contributed by atoms with Crippen molar-refractivity contribution in [1.82, 2.24) is 10.2 Å². The summed E-state index contributed by atoms with van der Waals surface area (Å²) in [7, 11) is 1.59. The lowest BCUT2D eigenvalue weighted by molar-refractivity contribution is -0.941. The van der Waals surface area contributed by atoms with E-state index in [1.165, 1.54) is 43.8 Å². The van der Waals surface area contributed by atoms with Crippen LogP contribution in [-0.2, 0) is 4.74 Å². The number of fused-ring (bicyclic) bond motifs is 3. The Morgan fingerprint density at radius 1 is 1.29 bits per heavy atom. The first-order valence-corrected chi connectivity index (χ1v) is 6.16. The molecule has 0 unspecified atom stereocenters. The molecule has 1 N–H and O–H groups in total. The number of carbonyl (C=O) groups excluding carboxylic acids is 1. The average molecular weight is 264 g/mol.